The molecule has 0 unspecified atom stereocenters. The lowest BCUT2D eigenvalue weighted by Gasteiger charge is -1.90. The molecule has 0 aliphatic rings. The van der Waals surface area contributed by atoms with Gasteiger partial charge in [-0.1, -0.05) is 11.6 Å². The Bertz CT molecular complexity index is 480. The largest absolute Gasteiger partial charge is 0.478 e. The highest BCUT2D eigenvalue weighted by Gasteiger charge is 2.16. The highest BCUT2D eigenvalue weighted by Crippen LogP contribution is 2.33. The second kappa shape index (κ2) is 2.97. The molecule has 0 spiro atoms. The van der Waals surface area contributed by atoms with Crippen LogP contribution in [-0.2, 0) is 0 Å². The molecule has 0 amide bonds. The van der Waals surface area contributed by atoms with Crippen LogP contribution in [0.3, 0.4) is 0 Å². The minimum Gasteiger partial charge on any atom is -0.478 e. The molecule has 2 aromatic rings. The maximum absolute atomic E-state index is 10.8. The van der Waals surface area contributed by atoms with Crippen LogP contribution >= 0.6 is 22.9 Å². The average Bonchev–Trinajstić information content (AvgIpc) is 2.39. The number of hydrogen-bond acceptors (Lipinski definition) is 3. The van der Waals surface area contributed by atoms with E-state index in [9.17, 15) is 4.79 Å². The van der Waals surface area contributed by atoms with E-state index in [-0.39, 0.29) is 9.90 Å². The zero-order valence-corrected chi connectivity index (χ0v) is 7.89. The van der Waals surface area contributed by atoms with E-state index < -0.39 is 5.97 Å². The first-order valence-corrected chi connectivity index (χ1v) is 4.66. The SMILES string of the molecule is O=C(O)c1c(Cl)sc2ncccc12. The number of rotatable bonds is 1. The number of hydrogen-bond donors (Lipinski definition) is 1. The normalized spacial score (nSPS) is 10.5. The van der Waals surface area contributed by atoms with Crippen molar-refractivity contribution < 1.29 is 9.90 Å². The van der Waals surface area contributed by atoms with Gasteiger partial charge in [0.15, 0.2) is 0 Å². The van der Waals surface area contributed by atoms with Gasteiger partial charge in [0.2, 0.25) is 0 Å². The lowest BCUT2D eigenvalue weighted by molar-refractivity contribution is 0.0699. The summed E-state index contributed by atoms with van der Waals surface area (Å²) in [5, 5.41) is 9.45. The van der Waals surface area contributed by atoms with Crippen molar-refractivity contribution in [1.82, 2.24) is 4.98 Å². The number of aromatic carboxylic acids is 1. The summed E-state index contributed by atoms with van der Waals surface area (Å²) in [4.78, 5) is 15.5. The van der Waals surface area contributed by atoms with Gasteiger partial charge in [-0.25, -0.2) is 9.78 Å². The van der Waals surface area contributed by atoms with E-state index in [2.05, 4.69) is 4.98 Å². The van der Waals surface area contributed by atoms with Crippen molar-refractivity contribution in [2.24, 2.45) is 0 Å². The van der Waals surface area contributed by atoms with E-state index >= 15 is 0 Å². The lowest BCUT2D eigenvalue weighted by Crippen LogP contribution is -1.94. The van der Waals surface area contributed by atoms with Crippen LogP contribution in [0.2, 0.25) is 4.34 Å². The monoisotopic (exact) mass is 213 g/mol. The van der Waals surface area contributed by atoms with Gasteiger partial charge in [-0.05, 0) is 12.1 Å². The molecule has 66 valence electrons. The molecule has 0 aromatic carbocycles. The van der Waals surface area contributed by atoms with E-state index in [1.165, 1.54) is 11.3 Å². The van der Waals surface area contributed by atoms with Gasteiger partial charge in [-0.3, -0.25) is 0 Å². The molecule has 0 atom stereocenters. The third kappa shape index (κ3) is 1.28. The first kappa shape index (κ1) is 8.47. The molecule has 0 aliphatic heterocycles. The third-order valence-corrected chi connectivity index (χ3v) is 2.96. The van der Waals surface area contributed by atoms with Gasteiger partial charge in [0.1, 0.15) is 9.17 Å². The molecule has 5 heteroatoms. The van der Waals surface area contributed by atoms with Gasteiger partial charge in [0.25, 0.3) is 0 Å². The zero-order valence-electron chi connectivity index (χ0n) is 6.32. The molecule has 2 heterocycles. The second-order valence-corrected chi connectivity index (χ2v) is 4.01. The summed E-state index contributed by atoms with van der Waals surface area (Å²) in [6, 6.07) is 3.39. The fraction of sp³-hybridized carbons (Fsp3) is 0. The summed E-state index contributed by atoms with van der Waals surface area (Å²) in [5.41, 5.74) is 0.148. The summed E-state index contributed by atoms with van der Waals surface area (Å²) in [6.45, 7) is 0. The summed E-state index contributed by atoms with van der Waals surface area (Å²) in [5.74, 6) is -1.01. The van der Waals surface area contributed by atoms with Crippen LogP contribution in [0, 0.1) is 0 Å². The maximum Gasteiger partial charge on any atom is 0.338 e. The third-order valence-electron chi connectivity index (χ3n) is 1.64. The first-order valence-electron chi connectivity index (χ1n) is 3.46. The Kier molecular flexibility index (Phi) is 1.94. The van der Waals surface area contributed by atoms with Crippen molar-refractivity contribution in [3.05, 3.63) is 28.2 Å². The van der Waals surface area contributed by atoms with Gasteiger partial charge >= 0.3 is 5.97 Å². The van der Waals surface area contributed by atoms with Crippen molar-refractivity contribution >= 4 is 39.1 Å². The zero-order chi connectivity index (χ0) is 9.42. The van der Waals surface area contributed by atoms with E-state index in [1.807, 2.05) is 0 Å². The van der Waals surface area contributed by atoms with Crippen LogP contribution < -0.4 is 0 Å². The minimum atomic E-state index is -1.01. The van der Waals surface area contributed by atoms with Crippen molar-refractivity contribution in [3.8, 4) is 0 Å². The maximum atomic E-state index is 10.8. The van der Waals surface area contributed by atoms with Crippen LogP contribution in [0.15, 0.2) is 18.3 Å². The number of carboxylic acids is 1. The Morgan fingerprint density at radius 3 is 3.08 bits per heavy atom. The molecule has 13 heavy (non-hydrogen) atoms. The predicted octanol–water partition coefficient (Wildman–Crippen LogP) is 2.65. The average molecular weight is 214 g/mol. The van der Waals surface area contributed by atoms with E-state index in [1.54, 1.807) is 18.3 Å². The van der Waals surface area contributed by atoms with Gasteiger partial charge < -0.3 is 5.11 Å². The smallest absolute Gasteiger partial charge is 0.338 e. The van der Waals surface area contributed by atoms with E-state index in [4.69, 9.17) is 16.7 Å². The second-order valence-electron chi connectivity index (χ2n) is 2.41. The van der Waals surface area contributed by atoms with Crippen LogP contribution in [0.5, 0.6) is 0 Å². The molecule has 2 aromatic heterocycles. The number of pyridine rings is 1. The molecule has 0 saturated heterocycles. The topological polar surface area (TPSA) is 50.2 Å². The van der Waals surface area contributed by atoms with Crippen molar-refractivity contribution in [2.45, 2.75) is 0 Å². The Balaban J connectivity index is 2.86. The molecule has 0 saturated carbocycles. The van der Waals surface area contributed by atoms with Crippen molar-refractivity contribution in [3.63, 3.8) is 0 Å². The van der Waals surface area contributed by atoms with Gasteiger partial charge in [0, 0.05) is 11.6 Å². The Hall–Kier alpha value is -1.13. The molecule has 3 nitrogen and oxygen atoms in total. The molecule has 0 fully saturated rings. The first-order chi connectivity index (χ1) is 6.20. The highest BCUT2D eigenvalue weighted by molar-refractivity contribution is 7.22. The minimum absolute atomic E-state index is 0.148. The Morgan fingerprint density at radius 2 is 2.38 bits per heavy atom. The molecule has 2 rings (SSSR count). The van der Waals surface area contributed by atoms with Crippen LogP contribution in [0.1, 0.15) is 10.4 Å². The molecule has 0 aliphatic carbocycles. The number of thiophene rings is 1. The summed E-state index contributed by atoms with van der Waals surface area (Å²) in [7, 11) is 0. The fourth-order valence-electron chi connectivity index (χ4n) is 1.10. The standard InChI is InChI=1S/C8H4ClNO2S/c9-6-5(8(11)12)4-2-1-3-10-7(4)13-6/h1-3H,(H,11,12). The Labute approximate surface area is 82.6 Å². The van der Waals surface area contributed by atoms with Crippen molar-refractivity contribution in [1.29, 1.82) is 0 Å². The van der Waals surface area contributed by atoms with Gasteiger partial charge in [-0.15, -0.1) is 11.3 Å². The number of nitrogens with zero attached hydrogens (tertiary/aromatic N) is 1. The van der Waals surface area contributed by atoms with Gasteiger partial charge in [-0.2, -0.15) is 0 Å². The van der Waals surface area contributed by atoms with E-state index in [0.717, 1.165) is 0 Å². The summed E-state index contributed by atoms with van der Waals surface area (Å²) >= 11 is 6.94. The quantitative estimate of drug-likeness (QED) is 0.792. The molecular formula is C8H4ClNO2S. The molecule has 0 bridgehead atoms. The summed E-state index contributed by atoms with van der Waals surface area (Å²) < 4.78 is 0.279. The number of carbonyl (C=O) groups is 1. The van der Waals surface area contributed by atoms with Crippen molar-refractivity contribution in [2.75, 3.05) is 0 Å². The summed E-state index contributed by atoms with van der Waals surface area (Å²) in [6.07, 6.45) is 1.61. The van der Waals surface area contributed by atoms with Gasteiger partial charge in [0.05, 0.1) is 5.56 Å². The molecule has 0 radical (unpaired) electrons. The Morgan fingerprint density at radius 1 is 1.62 bits per heavy atom. The predicted molar refractivity (Wildman–Crippen MR) is 51.6 cm³/mol. The van der Waals surface area contributed by atoms with Crippen LogP contribution in [-0.4, -0.2) is 16.1 Å². The lowest BCUT2D eigenvalue weighted by atomic mass is 10.2. The number of halogens is 1. The fourth-order valence-corrected chi connectivity index (χ4v) is 2.37. The highest BCUT2D eigenvalue weighted by atomic mass is 35.5. The molecular weight excluding hydrogens is 210 g/mol. The molecule has 1 N–H and O–H groups in total. The van der Waals surface area contributed by atoms with Crippen LogP contribution in [0.25, 0.3) is 10.2 Å². The number of aromatic nitrogens is 1. The van der Waals surface area contributed by atoms with E-state index in [0.29, 0.717) is 10.2 Å². The van der Waals surface area contributed by atoms with Crippen LogP contribution in [0.4, 0.5) is 0 Å². The number of fused-ring (bicyclic) bond motifs is 1. The number of carboxylic acid groups (broad SMARTS) is 1.